The Morgan fingerprint density at radius 2 is 1.86 bits per heavy atom. The molecule has 0 fully saturated rings. The van der Waals surface area contributed by atoms with E-state index in [1.165, 1.54) is 0 Å². The lowest BCUT2D eigenvalue weighted by Gasteiger charge is -2.07. The Morgan fingerprint density at radius 3 is 2.55 bits per heavy atom. The summed E-state index contributed by atoms with van der Waals surface area (Å²) in [7, 11) is 0. The molecule has 1 heterocycles. The van der Waals surface area contributed by atoms with Gasteiger partial charge in [0.1, 0.15) is 0 Å². The topological polar surface area (TPSA) is 93.2 Å². The first-order chi connectivity index (χ1) is 10.7. The number of para-hydroxylation sites is 1. The number of nitrogens with zero attached hydrogens (tertiary/aromatic N) is 2. The molecule has 0 saturated carbocycles. The fourth-order valence-corrected chi connectivity index (χ4v) is 2.22. The summed E-state index contributed by atoms with van der Waals surface area (Å²) < 4.78 is 1.64. The Morgan fingerprint density at radius 1 is 1.09 bits per heavy atom. The molecule has 22 heavy (non-hydrogen) atoms. The van der Waals surface area contributed by atoms with Crippen LogP contribution in [0.2, 0.25) is 0 Å². The van der Waals surface area contributed by atoms with Crippen LogP contribution in [0, 0.1) is 0 Å². The van der Waals surface area contributed by atoms with Crippen molar-refractivity contribution in [2.45, 2.75) is 0 Å². The molecule has 6 nitrogen and oxygen atoms in total. The molecule has 110 valence electrons. The minimum absolute atomic E-state index is 0.115. The van der Waals surface area contributed by atoms with Crippen LogP contribution in [-0.2, 0) is 0 Å². The molecule has 0 spiro atoms. The highest BCUT2D eigenvalue weighted by molar-refractivity contribution is 5.92. The van der Waals surface area contributed by atoms with Gasteiger partial charge in [-0.3, -0.25) is 10.0 Å². The molecular formula is C16H14N4O2. The molecule has 1 aromatic heterocycles. The zero-order chi connectivity index (χ0) is 15.5. The van der Waals surface area contributed by atoms with Gasteiger partial charge in [-0.15, -0.1) is 0 Å². The molecule has 1 amide bonds. The summed E-state index contributed by atoms with van der Waals surface area (Å²) in [6.07, 6.45) is 0. The molecule has 0 saturated heterocycles. The number of hydrogen-bond donors (Lipinski definition) is 3. The summed E-state index contributed by atoms with van der Waals surface area (Å²) in [5.74, 6) is -0.667. The molecule has 2 aromatic carbocycles. The van der Waals surface area contributed by atoms with Crippen molar-refractivity contribution in [3.63, 3.8) is 0 Å². The number of anilines is 1. The van der Waals surface area contributed by atoms with Crippen molar-refractivity contribution in [2.24, 2.45) is 0 Å². The van der Waals surface area contributed by atoms with Crippen molar-refractivity contribution in [1.82, 2.24) is 15.3 Å². The number of amides is 1. The van der Waals surface area contributed by atoms with Crippen LogP contribution in [0.15, 0.2) is 60.7 Å². The lowest BCUT2D eigenvalue weighted by Crippen LogP contribution is -2.19. The number of rotatable bonds is 3. The van der Waals surface area contributed by atoms with Crippen molar-refractivity contribution in [3.05, 3.63) is 66.4 Å². The number of hydroxylamine groups is 1. The highest BCUT2D eigenvalue weighted by Crippen LogP contribution is 2.25. The Hall–Kier alpha value is -3.12. The van der Waals surface area contributed by atoms with Gasteiger partial charge in [0, 0.05) is 11.3 Å². The van der Waals surface area contributed by atoms with Gasteiger partial charge in [0.05, 0.1) is 11.4 Å². The highest BCUT2D eigenvalue weighted by Gasteiger charge is 2.16. The summed E-state index contributed by atoms with van der Waals surface area (Å²) in [6, 6.07) is 18.3. The van der Waals surface area contributed by atoms with Gasteiger partial charge in [0.25, 0.3) is 5.91 Å². The average Bonchev–Trinajstić information content (AvgIpc) is 3.00. The Balaban J connectivity index is 2.19. The standard InChI is InChI=1S/C16H14N4O2/c17-12-6-4-5-11(9-12)15-10-14(16(21)19-22)18-20(15)13-7-2-1-3-8-13/h1-10,22H,17H2,(H,19,21). The first kappa shape index (κ1) is 13.8. The number of nitrogens with two attached hydrogens (primary N) is 1. The van der Waals surface area contributed by atoms with E-state index in [9.17, 15) is 4.79 Å². The second-order valence-electron chi connectivity index (χ2n) is 4.73. The quantitative estimate of drug-likeness (QED) is 0.392. The van der Waals surface area contributed by atoms with Crippen LogP contribution in [-0.4, -0.2) is 20.9 Å². The van der Waals surface area contributed by atoms with Crippen LogP contribution >= 0.6 is 0 Å². The molecule has 3 rings (SSSR count). The van der Waals surface area contributed by atoms with Gasteiger partial charge in [-0.25, -0.2) is 10.2 Å². The van der Waals surface area contributed by atoms with Crippen LogP contribution in [0.5, 0.6) is 0 Å². The highest BCUT2D eigenvalue weighted by atomic mass is 16.5. The maximum Gasteiger partial charge on any atom is 0.295 e. The normalized spacial score (nSPS) is 10.4. The van der Waals surface area contributed by atoms with Gasteiger partial charge < -0.3 is 5.73 Å². The smallest absolute Gasteiger partial charge is 0.295 e. The Bertz CT molecular complexity index is 812. The second-order valence-corrected chi connectivity index (χ2v) is 4.73. The molecule has 0 bridgehead atoms. The molecule has 0 aliphatic carbocycles. The molecule has 3 aromatic rings. The third kappa shape index (κ3) is 2.55. The lowest BCUT2D eigenvalue weighted by atomic mass is 10.1. The van der Waals surface area contributed by atoms with E-state index in [4.69, 9.17) is 10.9 Å². The third-order valence-corrected chi connectivity index (χ3v) is 3.23. The maximum absolute atomic E-state index is 11.6. The predicted molar refractivity (Wildman–Crippen MR) is 82.7 cm³/mol. The van der Waals surface area contributed by atoms with Gasteiger partial charge in [-0.2, -0.15) is 5.10 Å². The summed E-state index contributed by atoms with van der Waals surface area (Å²) in [5.41, 5.74) is 10.5. The van der Waals surface area contributed by atoms with Crippen molar-refractivity contribution in [3.8, 4) is 16.9 Å². The monoisotopic (exact) mass is 294 g/mol. The average molecular weight is 294 g/mol. The number of hydrogen-bond acceptors (Lipinski definition) is 4. The van der Waals surface area contributed by atoms with Crippen molar-refractivity contribution >= 4 is 11.6 Å². The van der Waals surface area contributed by atoms with Gasteiger partial charge in [-0.05, 0) is 30.3 Å². The van der Waals surface area contributed by atoms with E-state index in [-0.39, 0.29) is 5.69 Å². The number of carbonyl (C=O) groups excluding carboxylic acids is 1. The van der Waals surface area contributed by atoms with Gasteiger partial charge in [-0.1, -0.05) is 30.3 Å². The van der Waals surface area contributed by atoms with Crippen LogP contribution in [0.1, 0.15) is 10.5 Å². The molecule has 0 unspecified atom stereocenters. The van der Waals surface area contributed by atoms with Gasteiger partial charge in [0.15, 0.2) is 5.69 Å². The Labute approximate surface area is 126 Å². The summed E-state index contributed by atoms with van der Waals surface area (Å²) in [5, 5.41) is 13.1. The molecule has 0 aliphatic heterocycles. The zero-order valence-electron chi connectivity index (χ0n) is 11.6. The lowest BCUT2D eigenvalue weighted by molar-refractivity contribution is 0.0700. The summed E-state index contributed by atoms with van der Waals surface area (Å²) in [6.45, 7) is 0. The van der Waals surface area contributed by atoms with Crippen LogP contribution in [0.4, 0.5) is 5.69 Å². The van der Waals surface area contributed by atoms with E-state index in [2.05, 4.69) is 5.10 Å². The van der Waals surface area contributed by atoms with E-state index in [1.54, 1.807) is 28.4 Å². The minimum Gasteiger partial charge on any atom is -0.399 e. The molecule has 0 atom stereocenters. The van der Waals surface area contributed by atoms with Gasteiger partial charge in [0.2, 0.25) is 0 Å². The predicted octanol–water partition coefficient (Wildman–Crippen LogP) is 2.24. The zero-order valence-corrected chi connectivity index (χ0v) is 11.6. The fraction of sp³-hybridized carbons (Fsp3) is 0. The van der Waals surface area contributed by atoms with Crippen LogP contribution < -0.4 is 11.2 Å². The molecule has 0 aliphatic rings. The van der Waals surface area contributed by atoms with Crippen molar-refractivity contribution in [1.29, 1.82) is 0 Å². The molecular weight excluding hydrogens is 280 g/mol. The first-order valence-corrected chi connectivity index (χ1v) is 6.65. The minimum atomic E-state index is -0.667. The first-order valence-electron chi connectivity index (χ1n) is 6.65. The Kier molecular flexibility index (Phi) is 3.59. The fourth-order valence-electron chi connectivity index (χ4n) is 2.22. The third-order valence-electron chi connectivity index (χ3n) is 3.23. The number of nitrogen functional groups attached to an aromatic ring is 1. The van der Waals surface area contributed by atoms with E-state index in [0.29, 0.717) is 11.4 Å². The van der Waals surface area contributed by atoms with Crippen LogP contribution in [0.3, 0.4) is 0 Å². The number of aromatic nitrogens is 2. The summed E-state index contributed by atoms with van der Waals surface area (Å²) in [4.78, 5) is 11.6. The summed E-state index contributed by atoms with van der Waals surface area (Å²) >= 11 is 0. The maximum atomic E-state index is 11.6. The van der Waals surface area contributed by atoms with E-state index < -0.39 is 5.91 Å². The van der Waals surface area contributed by atoms with Crippen molar-refractivity contribution in [2.75, 3.05) is 5.73 Å². The van der Waals surface area contributed by atoms with E-state index in [0.717, 1.165) is 11.3 Å². The SMILES string of the molecule is Nc1cccc(-c2cc(C(=O)NO)nn2-c2ccccc2)c1. The van der Waals surface area contributed by atoms with Gasteiger partial charge >= 0.3 is 0 Å². The molecule has 0 radical (unpaired) electrons. The largest absolute Gasteiger partial charge is 0.399 e. The van der Waals surface area contributed by atoms with Crippen LogP contribution in [0.25, 0.3) is 16.9 Å². The second kappa shape index (κ2) is 5.71. The molecule has 4 N–H and O–H groups in total. The number of benzene rings is 2. The number of carbonyl (C=O) groups is 1. The number of nitrogens with one attached hydrogen (secondary N) is 1. The molecule has 6 heteroatoms. The van der Waals surface area contributed by atoms with E-state index >= 15 is 0 Å². The van der Waals surface area contributed by atoms with Crippen molar-refractivity contribution < 1.29 is 10.0 Å². The van der Waals surface area contributed by atoms with E-state index in [1.807, 2.05) is 42.5 Å².